The number of hydrogen-bond donors (Lipinski definition) is 4. The maximum Gasteiger partial charge on any atom is 0.234 e. The molecule has 1 rings (SSSR count). The summed E-state index contributed by atoms with van der Waals surface area (Å²) >= 11 is 0. The first kappa shape index (κ1) is 15.9. The highest BCUT2D eigenvalue weighted by atomic mass is 19.1. The fourth-order valence-electron chi connectivity index (χ4n) is 1.88. The van der Waals surface area contributed by atoms with Crippen molar-refractivity contribution in [1.29, 1.82) is 0 Å². The third kappa shape index (κ3) is 3.92. The molecular formula is C13H19FN4O2. The van der Waals surface area contributed by atoms with Crippen molar-refractivity contribution in [3.8, 4) is 0 Å². The lowest BCUT2D eigenvalue weighted by molar-refractivity contribution is -0.121. The third-order valence-corrected chi connectivity index (χ3v) is 2.94. The van der Waals surface area contributed by atoms with Crippen LogP contribution in [0.3, 0.4) is 0 Å². The Labute approximate surface area is 116 Å². The molecule has 0 spiro atoms. The number of primary amides is 1. The molecule has 1 aromatic carbocycles. The molecule has 0 aliphatic carbocycles. The van der Waals surface area contributed by atoms with E-state index < -0.39 is 17.8 Å². The van der Waals surface area contributed by atoms with Gasteiger partial charge in [-0.3, -0.25) is 4.79 Å². The predicted octanol–water partition coefficient (Wildman–Crippen LogP) is 0.520. The highest BCUT2D eigenvalue weighted by Gasteiger charge is 2.19. The van der Waals surface area contributed by atoms with Gasteiger partial charge in [-0.25, -0.2) is 4.39 Å². The van der Waals surface area contributed by atoms with Crippen LogP contribution in [0.1, 0.15) is 25.0 Å². The number of halogens is 1. The second kappa shape index (κ2) is 6.85. The van der Waals surface area contributed by atoms with Gasteiger partial charge in [0.1, 0.15) is 5.82 Å². The topological polar surface area (TPSA) is 114 Å². The number of oxime groups is 1. The molecule has 7 heteroatoms. The van der Waals surface area contributed by atoms with Gasteiger partial charge in [0.05, 0.1) is 6.04 Å². The largest absolute Gasteiger partial charge is 0.409 e. The monoisotopic (exact) mass is 282 g/mol. The van der Waals surface area contributed by atoms with Crippen molar-refractivity contribution in [3.05, 3.63) is 35.1 Å². The van der Waals surface area contributed by atoms with Gasteiger partial charge in [-0.15, -0.1) is 0 Å². The van der Waals surface area contributed by atoms with Gasteiger partial charge in [-0.1, -0.05) is 25.1 Å². The van der Waals surface area contributed by atoms with E-state index in [-0.39, 0.29) is 23.9 Å². The number of nitrogens with zero attached hydrogens (tertiary/aromatic N) is 1. The van der Waals surface area contributed by atoms with E-state index in [0.717, 1.165) is 0 Å². The number of hydrogen-bond acceptors (Lipinski definition) is 4. The molecule has 0 fully saturated rings. The van der Waals surface area contributed by atoms with Gasteiger partial charge in [0, 0.05) is 12.1 Å². The average molecular weight is 282 g/mol. The molecule has 0 radical (unpaired) electrons. The van der Waals surface area contributed by atoms with E-state index in [4.69, 9.17) is 16.7 Å². The Morgan fingerprint density at radius 3 is 2.60 bits per heavy atom. The first-order valence-electron chi connectivity index (χ1n) is 6.15. The Morgan fingerprint density at radius 2 is 2.10 bits per heavy atom. The number of benzene rings is 1. The van der Waals surface area contributed by atoms with Crippen LogP contribution in [0.2, 0.25) is 0 Å². The van der Waals surface area contributed by atoms with Crippen LogP contribution < -0.4 is 16.8 Å². The molecule has 6 N–H and O–H groups in total. The lowest BCUT2D eigenvalue weighted by Crippen LogP contribution is -2.44. The third-order valence-electron chi connectivity index (χ3n) is 2.94. The van der Waals surface area contributed by atoms with Crippen LogP contribution in [0.15, 0.2) is 23.4 Å². The minimum atomic E-state index is -0.514. The summed E-state index contributed by atoms with van der Waals surface area (Å²) < 4.78 is 13.2. The molecule has 0 bridgehead atoms. The molecule has 6 nitrogen and oxygen atoms in total. The zero-order valence-corrected chi connectivity index (χ0v) is 11.4. The summed E-state index contributed by atoms with van der Waals surface area (Å²) in [5, 5.41) is 14.6. The second-order valence-electron chi connectivity index (χ2n) is 4.79. The minimum Gasteiger partial charge on any atom is -0.409 e. The van der Waals surface area contributed by atoms with Gasteiger partial charge in [0.25, 0.3) is 0 Å². The van der Waals surface area contributed by atoms with Crippen molar-refractivity contribution in [3.63, 3.8) is 0 Å². The van der Waals surface area contributed by atoms with Crippen molar-refractivity contribution >= 4 is 11.7 Å². The fourth-order valence-corrected chi connectivity index (χ4v) is 1.88. The number of nitrogens with two attached hydrogens (primary N) is 2. The van der Waals surface area contributed by atoms with Gasteiger partial charge < -0.3 is 22.0 Å². The molecule has 0 saturated carbocycles. The Morgan fingerprint density at radius 1 is 1.45 bits per heavy atom. The molecular weight excluding hydrogens is 263 g/mol. The Balaban J connectivity index is 2.95. The molecule has 1 unspecified atom stereocenters. The summed E-state index contributed by atoms with van der Waals surface area (Å²) in [7, 11) is 0. The van der Waals surface area contributed by atoms with E-state index in [1.165, 1.54) is 18.2 Å². The molecule has 0 aliphatic heterocycles. The van der Waals surface area contributed by atoms with E-state index in [1.807, 2.05) is 13.8 Å². The van der Waals surface area contributed by atoms with Crippen LogP contribution in [0.25, 0.3) is 0 Å². The maximum absolute atomic E-state index is 13.2. The summed E-state index contributed by atoms with van der Waals surface area (Å²) in [4.78, 5) is 11.3. The van der Waals surface area contributed by atoms with E-state index in [1.54, 1.807) is 0 Å². The molecule has 0 aliphatic rings. The van der Waals surface area contributed by atoms with Crippen LogP contribution >= 0.6 is 0 Å². The van der Waals surface area contributed by atoms with Crippen LogP contribution in [0.4, 0.5) is 4.39 Å². The van der Waals surface area contributed by atoms with Crippen LogP contribution in [-0.4, -0.2) is 23.0 Å². The van der Waals surface area contributed by atoms with E-state index in [0.29, 0.717) is 5.56 Å². The summed E-state index contributed by atoms with van der Waals surface area (Å²) in [6, 6.07) is 3.43. The van der Waals surface area contributed by atoms with Gasteiger partial charge >= 0.3 is 0 Å². The Kier molecular flexibility index (Phi) is 5.45. The lowest BCUT2D eigenvalue weighted by Gasteiger charge is -2.19. The second-order valence-corrected chi connectivity index (χ2v) is 4.79. The first-order chi connectivity index (χ1) is 9.36. The molecule has 1 aromatic rings. The Hall–Kier alpha value is -2.15. The van der Waals surface area contributed by atoms with Crippen LogP contribution in [0, 0.1) is 11.7 Å². The van der Waals surface area contributed by atoms with Crippen molar-refractivity contribution in [2.45, 2.75) is 26.4 Å². The summed E-state index contributed by atoms with van der Waals surface area (Å²) in [5.41, 5.74) is 11.7. The summed E-state index contributed by atoms with van der Waals surface area (Å²) in [5.74, 6) is -1.14. The minimum absolute atomic E-state index is 0.0141. The fraction of sp³-hybridized carbons (Fsp3) is 0.385. The Bertz CT molecular complexity index is 517. The number of nitrogens with one attached hydrogen (secondary N) is 1. The lowest BCUT2D eigenvalue weighted by atomic mass is 10.0. The van der Waals surface area contributed by atoms with Crippen molar-refractivity contribution in [1.82, 2.24) is 5.32 Å². The molecule has 1 atom stereocenters. The van der Waals surface area contributed by atoms with Crippen LogP contribution in [0.5, 0.6) is 0 Å². The normalized spacial score (nSPS) is 13.5. The summed E-state index contributed by atoms with van der Waals surface area (Å²) in [6.07, 6.45) is 0. The van der Waals surface area contributed by atoms with E-state index in [9.17, 15) is 9.18 Å². The highest BCUT2D eigenvalue weighted by Crippen LogP contribution is 2.12. The van der Waals surface area contributed by atoms with Gasteiger partial charge in [-0.05, 0) is 23.6 Å². The quantitative estimate of drug-likeness (QED) is 0.263. The standard InChI is InChI=1S/C13H19FN4O2/c1-7(2)11(13(16)19)17-6-8-3-4-9(14)5-10(8)12(15)18-20/h3-5,7,11,17,20H,6H2,1-2H3,(H2,15,18)(H2,16,19). The van der Waals surface area contributed by atoms with Crippen molar-refractivity contribution < 1.29 is 14.4 Å². The van der Waals surface area contributed by atoms with E-state index >= 15 is 0 Å². The smallest absolute Gasteiger partial charge is 0.234 e. The zero-order valence-electron chi connectivity index (χ0n) is 11.4. The number of rotatable bonds is 6. The number of amidine groups is 1. The predicted molar refractivity (Wildman–Crippen MR) is 73.6 cm³/mol. The first-order valence-corrected chi connectivity index (χ1v) is 6.15. The van der Waals surface area contributed by atoms with Gasteiger partial charge in [0.15, 0.2) is 5.84 Å². The number of amides is 1. The van der Waals surface area contributed by atoms with Crippen molar-refractivity contribution in [2.24, 2.45) is 22.5 Å². The summed E-state index contributed by atoms with van der Waals surface area (Å²) in [6.45, 7) is 3.96. The van der Waals surface area contributed by atoms with E-state index in [2.05, 4.69) is 10.5 Å². The van der Waals surface area contributed by atoms with Gasteiger partial charge in [0.2, 0.25) is 5.91 Å². The number of carbonyl (C=O) groups excluding carboxylic acids is 1. The van der Waals surface area contributed by atoms with Crippen molar-refractivity contribution in [2.75, 3.05) is 0 Å². The maximum atomic E-state index is 13.2. The molecule has 0 heterocycles. The molecule has 0 aromatic heterocycles. The zero-order chi connectivity index (χ0) is 15.3. The highest BCUT2D eigenvalue weighted by molar-refractivity contribution is 5.98. The molecule has 1 amide bonds. The molecule has 20 heavy (non-hydrogen) atoms. The number of carbonyl (C=O) groups is 1. The average Bonchev–Trinajstić information content (AvgIpc) is 2.38. The molecule has 110 valence electrons. The van der Waals surface area contributed by atoms with Crippen LogP contribution in [-0.2, 0) is 11.3 Å². The SMILES string of the molecule is CC(C)C(NCc1ccc(F)cc1/C(N)=N/O)C(N)=O. The van der Waals surface area contributed by atoms with Gasteiger partial charge in [-0.2, -0.15) is 0 Å². The molecule has 0 saturated heterocycles.